The van der Waals surface area contributed by atoms with Gasteiger partial charge in [-0.1, -0.05) is 73.3 Å². The average molecular weight is 371 g/mol. The van der Waals surface area contributed by atoms with Crippen molar-refractivity contribution in [1.82, 2.24) is 14.9 Å². The maximum Gasteiger partial charge on any atom is 0.246 e. The molecule has 0 saturated carbocycles. The van der Waals surface area contributed by atoms with E-state index in [0.717, 1.165) is 22.8 Å². The van der Waals surface area contributed by atoms with E-state index in [-0.39, 0.29) is 5.91 Å². The van der Waals surface area contributed by atoms with Crippen LogP contribution in [0.1, 0.15) is 23.9 Å². The summed E-state index contributed by atoms with van der Waals surface area (Å²) in [6.45, 7) is 10.4. The van der Waals surface area contributed by atoms with Gasteiger partial charge in [-0.25, -0.2) is 4.98 Å². The van der Waals surface area contributed by atoms with Crippen LogP contribution < -0.4 is 5.32 Å². The number of amides is 1. The van der Waals surface area contributed by atoms with Crippen LogP contribution >= 0.6 is 0 Å². The Morgan fingerprint density at radius 2 is 1.75 bits per heavy atom. The van der Waals surface area contributed by atoms with Gasteiger partial charge in [0.1, 0.15) is 5.82 Å². The lowest BCUT2D eigenvalue weighted by Gasteiger charge is -2.12. The molecule has 3 rings (SSSR count). The Hall–Kier alpha value is -3.40. The van der Waals surface area contributed by atoms with E-state index in [0.29, 0.717) is 25.1 Å². The summed E-state index contributed by atoms with van der Waals surface area (Å²) in [4.78, 5) is 16.9. The fourth-order valence-electron chi connectivity index (χ4n) is 3.10. The van der Waals surface area contributed by atoms with Gasteiger partial charge in [0.25, 0.3) is 0 Å². The fourth-order valence-corrected chi connectivity index (χ4v) is 3.10. The highest BCUT2D eigenvalue weighted by Crippen LogP contribution is 2.25. The summed E-state index contributed by atoms with van der Waals surface area (Å²) in [5.41, 5.74) is 4.63. The number of rotatable bonds is 8. The molecule has 0 aliphatic heterocycles. The monoisotopic (exact) mass is 371 g/mol. The third-order valence-corrected chi connectivity index (χ3v) is 4.51. The highest BCUT2D eigenvalue weighted by molar-refractivity contribution is 5.92. The second kappa shape index (κ2) is 9.00. The van der Waals surface area contributed by atoms with Crippen molar-refractivity contribution < 1.29 is 4.79 Å². The standard InChI is InChI=1S/C24H25N3O/c1-4-11-22-21(16-25-24(28)18(2)3)26-23(20-14-9-6-10-15-20)27(22)17-19-12-7-5-8-13-19/h4-10,12-15H,1-2,11,16-17H2,3H3,(H,25,28). The summed E-state index contributed by atoms with van der Waals surface area (Å²) in [5.74, 6) is 0.726. The number of nitrogens with one attached hydrogen (secondary N) is 1. The maximum absolute atomic E-state index is 12.0. The molecule has 0 aliphatic rings. The van der Waals surface area contributed by atoms with Crippen molar-refractivity contribution in [3.8, 4) is 11.4 Å². The first-order valence-corrected chi connectivity index (χ1v) is 9.32. The second-order valence-electron chi connectivity index (χ2n) is 6.72. The van der Waals surface area contributed by atoms with Crippen LogP contribution in [0.3, 0.4) is 0 Å². The minimum absolute atomic E-state index is 0.163. The van der Waals surface area contributed by atoms with E-state index in [4.69, 9.17) is 4.98 Å². The number of aromatic nitrogens is 2. The zero-order valence-corrected chi connectivity index (χ0v) is 16.2. The third kappa shape index (κ3) is 4.46. The normalized spacial score (nSPS) is 10.5. The van der Waals surface area contributed by atoms with Gasteiger partial charge in [0.15, 0.2) is 0 Å². The quantitative estimate of drug-likeness (QED) is 0.467. The van der Waals surface area contributed by atoms with Gasteiger partial charge < -0.3 is 9.88 Å². The van der Waals surface area contributed by atoms with Gasteiger partial charge in [-0.3, -0.25) is 4.79 Å². The number of carbonyl (C=O) groups is 1. The topological polar surface area (TPSA) is 46.9 Å². The molecule has 0 saturated heterocycles. The molecule has 0 bridgehead atoms. The number of hydrogen-bond acceptors (Lipinski definition) is 2. The Morgan fingerprint density at radius 3 is 2.36 bits per heavy atom. The number of imidazole rings is 1. The van der Waals surface area contributed by atoms with E-state index in [1.807, 2.05) is 42.5 Å². The van der Waals surface area contributed by atoms with Crippen LogP contribution in [-0.2, 0) is 24.3 Å². The molecule has 1 aromatic heterocycles. The summed E-state index contributed by atoms with van der Waals surface area (Å²) >= 11 is 0. The molecule has 0 atom stereocenters. The largest absolute Gasteiger partial charge is 0.347 e. The molecule has 2 aromatic carbocycles. The Balaban J connectivity index is 2.05. The molecular formula is C24H25N3O. The van der Waals surface area contributed by atoms with Crippen molar-refractivity contribution in [3.63, 3.8) is 0 Å². The predicted octanol–water partition coefficient (Wildman–Crippen LogP) is 4.52. The second-order valence-corrected chi connectivity index (χ2v) is 6.72. The molecule has 0 aliphatic carbocycles. The zero-order chi connectivity index (χ0) is 19.9. The molecule has 4 nitrogen and oxygen atoms in total. The molecule has 1 amide bonds. The number of carbonyl (C=O) groups excluding carboxylic acids is 1. The van der Waals surface area contributed by atoms with Gasteiger partial charge in [-0.15, -0.1) is 6.58 Å². The molecule has 0 spiro atoms. The average Bonchev–Trinajstić information content (AvgIpc) is 3.05. The van der Waals surface area contributed by atoms with Gasteiger partial charge >= 0.3 is 0 Å². The molecule has 28 heavy (non-hydrogen) atoms. The van der Waals surface area contributed by atoms with Gasteiger partial charge in [0, 0.05) is 29.8 Å². The van der Waals surface area contributed by atoms with E-state index in [1.54, 1.807) is 6.92 Å². The minimum atomic E-state index is -0.163. The van der Waals surface area contributed by atoms with Crippen LogP contribution in [0.25, 0.3) is 11.4 Å². The van der Waals surface area contributed by atoms with Crippen LogP contribution in [0.15, 0.2) is 85.5 Å². The summed E-state index contributed by atoms with van der Waals surface area (Å²) in [7, 11) is 0. The lowest BCUT2D eigenvalue weighted by atomic mass is 10.1. The van der Waals surface area contributed by atoms with Crippen molar-refractivity contribution in [2.45, 2.75) is 26.4 Å². The Labute approximate surface area is 166 Å². The number of hydrogen-bond donors (Lipinski definition) is 1. The highest BCUT2D eigenvalue weighted by atomic mass is 16.1. The smallest absolute Gasteiger partial charge is 0.246 e. The molecule has 0 unspecified atom stereocenters. The van der Waals surface area contributed by atoms with Gasteiger partial charge in [-0.2, -0.15) is 0 Å². The van der Waals surface area contributed by atoms with Crippen LogP contribution in [0, 0.1) is 0 Å². The molecule has 3 aromatic rings. The number of benzene rings is 2. The molecule has 142 valence electrons. The van der Waals surface area contributed by atoms with Crippen molar-refractivity contribution in [2.24, 2.45) is 0 Å². The van der Waals surface area contributed by atoms with Crippen molar-refractivity contribution in [2.75, 3.05) is 0 Å². The lowest BCUT2D eigenvalue weighted by Crippen LogP contribution is -2.24. The third-order valence-electron chi connectivity index (χ3n) is 4.51. The van der Waals surface area contributed by atoms with Gasteiger partial charge in [0.2, 0.25) is 5.91 Å². The van der Waals surface area contributed by atoms with Crippen LogP contribution in [-0.4, -0.2) is 15.5 Å². The maximum atomic E-state index is 12.0. The Bertz CT molecular complexity index is 972. The lowest BCUT2D eigenvalue weighted by molar-refractivity contribution is -0.117. The molecule has 0 radical (unpaired) electrons. The van der Waals surface area contributed by atoms with E-state index in [1.165, 1.54) is 5.56 Å². The van der Waals surface area contributed by atoms with Crippen molar-refractivity contribution >= 4 is 5.91 Å². The van der Waals surface area contributed by atoms with E-state index >= 15 is 0 Å². The molecule has 0 fully saturated rings. The van der Waals surface area contributed by atoms with Crippen molar-refractivity contribution in [1.29, 1.82) is 0 Å². The summed E-state index contributed by atoms with van der Waals surface area (Å²) in [5, 5.41) is 2.90. The SMILES string of the molecule is C=CCc1c(CNC(=O)C(=C)C)nc(-c2ccccc2)n1Cc1ccccc1. The minimum Gasteiger partial charge on any atom is -0.347 e. The Morgan fingerprint density at radius 1 is 1.11 bits per heavy atom. The van der Waals surface area contributed by atoms with Crippen molar-refractivity contribution in [3.05, 3.63) is 102 Å². The summed E-state index contributed by atoms with van der Waals surface area (Å²) in [6.07, 6.45) is 2.54. The number of allylic oxidation sites excluding steroid dienone is 1. The van der Waals surface area contributed by atoms with E-state index < -0.39 is 0 Å². The molecule has 4 heteroatoms. The summed E-state index contributed by atoms with van der Waals surface area (Å²) in [6, 6.07) is 20.4. The highest BCUT2D eigenvalue weighted by Gasteiger charge is 2.18. The zero-order valence-electron chi connectivity index (χ0n) is 16.2. The first-order chi connectivity index (χ1) is 13.6. The fraction of sp³-hybridized carbons (Fsp3) is 0.167. The first-order valence-electron chi connectivity index (χ1n) is 9.32. The summed E-state index contributed by atoms with van der Waals surface area (Å²) < 4.78 is 2.22. The van der Waals surface area contributed by atoms with E-state index in [9.17, 15) is 4.79 Å². The predicted molar refractivity (Wildman–Crippen MR) is 114 cm³/mol. The number of nitrogens with zero attached hydrogens (tertiary/aromatic N) is 2. The molecular weight excluding hydrogens is 346 g/mol. The van der Waals surface area contributed by atoms with Gasteiger partial charge in [0.05, 0.1) is 12.2 Å². The molecule has 1 N–H and O–H groups in total. The molecule has 1 heterocycles. The van der Waals surface area contributed by atoms with Crippen LogP contribution in [0.2, 0.25) is 0 Å². The van der Waals surface area contributed by atoms with Gasteiger partial charge in [-0.05, 0) is 12.5 Å². The van der Waals surface area contributed by atoms with Crippen LogP contribution in [0.4, 0.5) is 0 Å². The van der Waals surface area contributed by atoms with E-state index in [2.05, 4.69) is 47.3 Å². The van der Waals surface area contributed by atoms with Crippen LogP contribution in [0.5, 0.6) is 0 Å². The Kier molecular flexibility index (Phi) is 6.22. The first kappa shape index (κ1) is 19.4.